The summed E-state index contributed by atoms with van der Waals surface area (Å²) in [6, 6.07) is 18.0. The maximum Gasteiger partial charge on any atom is 0.333 e. The Morgan fingerprint density at radius 2 is 0.615 bits per heavy atom. The first-order valence-electron chi connectivity index (χ1n) is 46.7. The Kier molecular flexibility index (Phi) is 23.4. The molecule has 4 aromatic rings. The molecule has 8 aliphatic carbocycles. The highest BCUT2D eigenvalue weighted by molar-refractivity contribution is 8.01. The fraction of sp³-hybridized carbons (Fsp3) is 0.653. The van der Waals surface area contributed by atoms with Gasteiger partial charge in [-0.1, -0.05) is 113 Å². The van der Waals surface area contributed by atoms with Gasteiger partial charge < -0.3 is 129 Å². The van der Waals surface area contributed by atoms with Crippen molar-refractivity contribution in [3.63, 3.8) is 0 Å². The molecule has 24 rings (SSSR count). The molecular weight excluding hydrogens is 1750 g/mol. The van der Waals surface area contributed by atoms with E-state index in [0.717, 1.165) is 100 Å². The maximum atomic E-state index is 11.7. The summed E-state index contributed by atoms with van der Waals surface area (Å²) in [4.78, 5) is 33.2. The highest BCUT2D eigenvalue weighted by atomic mass is 32.2. The summed E-state index contributed by atoms with van der Waals surface area (Å²) in [6.45, 7) is 14.5. The first-order chi connectivity index (χ1) is 62.2. The van der Waals surface area contributed by atoms with Gasteiger partial charge in [-0.2, -0.15) is 0 Å². The number of aromatic hydroxyl groups is 2. The molecule has 0 amide bonds. The van der Waals surface area contributed by atoms with Crippen LogP contribution in [0.4, 0.5) is 0 Å². The number of benzene rings is 4. The predicted octanol–water partition coefficient (Wildman–Crippen LogP) is 5.45. The number of likely N-dealkylation sites (tertiary alicyclic amines) is 4. The second kappa shape index (κ2) is 33.6. The van der Waals surface area contributed by atoms with E-state index in [1.54, 1.807) is 39.8 Å². The lowest BCUT2D eigenvalue weighted by Gasteiger charge is -2.57. The molecule has 4 spiro atoms. The van der Waals surface area contributed by atoms with Gasteiger partial charge in [0.25, 0.3) is 0 Å². The second-order valence-corrected chi connectivity index (χ2v) is 46.2. The molecule has 12 unspecified atom stereocenters. The van der Waals surface area contributed by atoms with Gasteiger partial charge in [-0.25, -0.2) is 9.59 Å². The second-order valence-electron chi connectivity index (χ2n) is 41.1. The highest BCUT2D eigenvalue weighted by Gasteiger charge is 2.71. The topological polar surface area (TPSA) is 404 Å². The fourth-order valence-electron chi connectivity index (χ4n) is 27.8. The molecule has 32 heteroatoms. The van der Waals surface area contributed by atoms with Crippen molar-refractivity contribution in [1.29, 1.82) is 0 Å². The number of aliphatic carboxylic acids is 2. The zero-order valence-electron chi connectivity index (χ0n) is 74.7. The smallest absolute Gasteiger partial charge is 0.333 e. The molecule has 8 fully saturated rings. The lowest BCUT2D eigenvalue weighted by molar-refractivity contribution is -0.190. The van der Waals surface area contributed by atoms with E-state index in [9.17, 15) is 81.1 Å². The number of aryl methyl sites for hydroxylation is 2. The Morgan fingerprint density at radius 1 is 0.362 bits per heavy atom. The number of rotatable bonds is 12. The summed E-state index contributed by atoms with van der Waals surface area (Å²) in [5.41, 5.74) is 8.89. The van der Waals surface area contributed by atoms with Crippen LogP contribution in [0.5, 0.6) is 34.5 Å². The third kappa shape index (κ3) is 13.4. The average Bonchev–Trinajstić information content (AvgIpc) is 1.50. The number of aliphatic hydroxyl groups is 10. The van der Waals surface area contributed by atoms with Crippen LogP contribution < -0.4 is 18.9 Å². The van der Waals surface area contributed by atoms with Crippen molar-refractivity contribution in [2.75, 3.05) is 67.6 Å². The number of phenols is 2. The van der Waals surface area contributed by atoms with Gasteiger partial charge in [0, 0.05) is 115 Å². The lowest BCUT2D eigenvalue weighted by Crippen LogP contribution is -2.64. The van der Waals surface area contributed by atoms with Crippen LogP contribution >= 0.6 is 47.0 Å². The third-order valence-electron chi connectivity index (χ3n) is 34.9. The molecule has 20 aliphatic rings. The van der Waals surface area contributed by atoms with Crippen LogP contribution in [0.2, 0.25) is 0 Å². The number of likely N-dealkylation sites (N-methyl/N-ethyl adjacent to an activating group) is 4. The minimum atomic E-state index is -1.21. The molecule has 0 saturated carbocycles. The Balaban J connectivity index is 0.000000105. The SMILES string of the molecule is C[C@H]1[C@H](O)[C@@H](O)C(S[C@@H]2C=CC3[C@H]4Cc5ccc(O)c6c5[C@@]3(CCN4C)C2O6)O[C@@H]1C(=O)O.C[C@H]1[C@H](O)[C@@H](O)C(S[C@@H]2C=CC3[C@H]4Cc5ccc(O)c6c5[C@@]3(CCN4C)C2O6)O[C@@H]1CO.Cc1ccc2c3c1OC1[C@H](SC4O[C@H](C(=O)O)[C@@H](C)[C@H](O)[C@H]4O)C=CC4[C@@H](C2)N(C)CC[C@@]341.Cc1ccc2c3c1OC1[C@H](SC4O[C@H](CO)[C@@H](C)[C@H](O)[C@H]4O)C=CC4[C@@H](C2)N(C)CC[C@@]341. The van der Waals surface area contributed by atoms with Gasteiger partial charge in [-0.15, -0.1) is 47.0 Å². The molecule has 0 radical (unpaired) electrons. The maximum absolute atomic E-state index is 11.7. The van der Waals surface area contributed by atoms with Crippen molar-refractivity contribution >= 4 is 59.0 Å². The summed E-state index contributed by atoms with van der Waals surface area (Å²) in [7, 11) is 8.79. The van der Waals surface area contributed by atoms with Crippen molar-refractivity contribution in [1.82, 2.24) is 19.6 Å². The van der Waals surface area contributed by atoms with Crippen molar-refractivity contribution in [2.45, 2.75) is 279 Å². The molecule has 8 bridgehead atoms. The average molecular weight is 1870 g/mol. The van der Waals surface area contributed by atoms with Crippen LogP contribution in [0.25, 0.3) is 0 Å². The number of nitrogens with zero attached hydrogens (tertiary/aromatic N) is 4. The number of phenolic OH excluding ortho intramolecular Hbond substituents is 2. The lowest BCUT2D eigenvalue weighted by atomic mass is 9.53. The summed E-state index contributed by atoms with van der Waals surface area (Å²) in [5.74, 6) is 0.500. The molecule has 4 aromatic carbocycles. The van der Waals surface area contributed by atoms with Gasteiger partial charge in [0.15, 0.2) is 35.2 Å². The van der Waals surface area contributed by atoms with E-state index in [1.165, 1.54) is 91.6 Å². The van der Waals surface area contributed by atoms with E-state index in [0.29, 0.717) is 53.4 Å². The summed E-state index contributed by atoms with van der Waals surface area (Å²) in [6.07, 6.45) is 13.0. The van der Waals surface area contributed by atoms with E-state index >= 15 is 0 Å². The fourth-order valence-corrected chi connectivity index (χ4v) is 33.6. The van der Waals surface area contributed by atoms with Crippen molar-refractivity contribution in [2.24, 2.45) is 47.3 Å². The monoisotopic (exact) mass is 1870 g/mol. The molecular formula is C98H124N4O24S4. The number of ether oxygens (including phenoxy) is 8. The Hall–Kier alpha value is -5.74. The molecule has 14 N–H and O–H groups in total. The zero-order chi connectivity index (χ0) is 91.2. The first kappa shape index (κ1) is 90.7. The van der Waals surface area contributed by atoms with E-state index in [2.05, 4.69) is 135 Å². The molecule has 8 saturated heterocycles. The van der Waals surface area contributed by atoms with Gasteiger partial charge in [0.2, 0.25) is 0 Å². The van der Waals surface area contributed by atoms with Crippen LogP contribution in [0.1, 0.15) is 109 Å². The van der Waals surface area contributed by atoms with Crippen LogP contribution in [0.3, 0.4) is 0 Å². The van der Waals surface area contributed by atoms with Crippen LogP contribution in [-0.4, -0.2) is 335 Å². The number of hydrogen-bond acceptors (Lipinski definition) is 30. The van der Waals surface area contributed by atoms with Gasteiger partial charge in [0.05, 0.1) is 70.8 Å². The molecule has 40 atom stereocenters. The van der Waals surface area contributed by atoms with Gasteiger partial charge in [-0.05, 0) is 165 Å². The summed E-state index contributed by atoms with van der Waals surface area (Å²) < 4.78 is 50.3. The van der Waals surface area contributed by atoms with E-state index in [1.807, 2.05) is 12.1 Å². The number of carboxylic acid groups (broad SMARTS) is 2. The largest absolute Gasteiger partial charge is 0.504 e. The van der Waals surface area contributed by atoms with Gasteiger partial charge >= 0.3 is 11.9 Å². The predicted molar refractivity (Wildman–Crippen MR) is 487 cm³/mol. The van der Waals surface area contributed by atoms with E-state index < -0.39 is 119 Å². The van der Waals surface area contributed by atoms with Crippen LogP contribution in [0, 0.1) is 61.2 Å². The number of carboxylic acids is 2. The number of thioether (sulfide) groups is 4. The number of piperidine rings is 4. The molecule has 28 nitrogen and oxygen atoms in total. The normalized spacial score (nSPS) is 46.0. The number of aliphatic hydroxyl groups excluding tert-OH is 10. The van der Waals surface area contributed by atoms with Crippen molar-refractivity contribution in [3.8, 4) is 34.5 Å². The minimum absolute atomic E-state index is 0.00680. The minimum Gasteiger partial charge on any atom is -0.504 e. The number of hydrogen-bond donors (Lipinski definition) is 14. The standard InChI is InChI=1S/C25H31NO6S.C25H33NO5S.C24H29NO7S.C24H31NO6S/c1-11-4-5-13-10-15-14-6-7-16(22-25(14,8-9-26(15)3)17(13)20(11)31-22)33-24-19(28)18(27)12(2)21(32-24)23(29)30;1-12-4-5-14-10-16-15-6-7-18(32-24-21(29)20(28)13(2)17(11-27)30-24)23-25(15,8-9-26(16)3)19(14)22(12)31-23;1-10-17(27)18(28)23(32-19(10)22(29)30)33-15-6-4-12-13-9-11-3-5-14(26)20-16(11)24(12,21(15)31-20)7-8-25(13)2;1-11-16(10-26)30-23(20(29)19(11)28)32-17-6-4-13-14-9-12-3-5-15(27)21-18(12)24(13,22(17)31-21)7-8-25(14)2/h4-7,12,14-16,18-19,21-22,24,27-28H,8-10H2,1-3H3,(H,29,30);4-7,13,15-18,20-21,23-24,27-29H,8-11H2,1-3H3;3-6,10,12-13,15,17-19,21,23,26-28H,7-9H2,1-2H3,(H,29,30);3-6,11,13-14,16-17,19-20,22-23,26-29H,7-10H2,1-2H3/t12-,14?,15+,16+,18-,19+,21-,22?,24?,25-;13-,15?,16-,17-,18-,20+,21-,23?,24?,25+;10-,12?,13+,15+,17-,18+,19-,21?,23?,24-;11-,13?,14-,16-,17-,19+,20-,22?,23?,24+/m0101/s1. The summed E-state index contributed by atoms with van der Waals surface area (Å²) in [5, 5.41) is 144. The summed E-state index contributed by atoms with van der Waals surface area (Å²) >= 11 is 5.66. The van der Waals surface area contributed by atoms with Gasteiger partial charge in [-0.3, -0.25) is 0 Å². The highest BCUT2D eigenvalue weighted by Crippen LogP contribution is 2.69. The first-order valence-corrected chi connectivity index (χ1v) is 50.5. The van der Waals surface area contributed by atoms with E-state index in [-0.39, 0.29) is 110 Å². The zero-order valence-corrected chi connectivity index (χ0v) is 78.0. The van der Waals surface area contributed by atoms with Crippen LogP contribution in [0.15, 0.2) is 97.1 Å². The quantitative estimate of drug-likeness (QED) is 0.0784. The molecule has 704 valence electrons. The third-order valence-corrected chi connectivity index (χ3v) is 40.5. The number of carbonyl (C=O) groups is 2. The molecule has 12 aliphatic heterocycles. The Bertz CT molecular complexity index is 4910. The van der Waals surface area contributed by atoms with Crippen molar-refractivity contribution in [3.05, 3.63) is 153 Å². The Labute approximate surface area is 774 Å². The molecule has 130 heavy (non-hydrogen) atoms. The Morgan fingerprint density at radius 3 is 0.892 bits per heavy atom. The van der Waals surface area contributed by atoms with Gasteiger partial charge in [0.1, 0.15) is 82.1 Å². The molecule has 0 aromatic heterocycles. The molecule has 12 heterocycles. The van der Waals surface area contributed by atoms with Crippen LogP contribution in [-0.2, 0) is 75.9 Å². The van der Waals surface area contributed by atoms with Crippen molar-refractivity contribution < 1.29 is 119 Å². The van der Waals surface area contributed by atoms with E-state index in [4.69, 9.17) is 37.9 Å².